The molecule has 94 valence electrons. The normalized spacial score (nSPS) is 10.6. The minimum Gasteiger partial charge on any atom is -0.383 e. The van der Waals surface area contributed by atoms with E-state index in [2.05, 4.69) is 49.5 Å². The summed E-state index contributed by atoms with van der Waals surface area (Å²) < 4.78 is 0.934. The number of hydrogen-bond donors (Lipinski definition) is 1. The van der Waals surface area contributed by atoms with Crippen LogP contribution in [0.5, 0.6) is 0 Å². The maximum Gasteiger partial charge on any atom is 0.180 e. The zero-order valence-corrected chi connectivity index (χ0v) is 12.5. The van der Waals surface area contributed by atoms with E-state index in [-0.39, 0.29) is 0 Å². The van der Waals surface area contributed by atoms with Crippen molar-refractivity contribution < 1.29 is 0 Å². The van der Waals surface area contributed by atoms with Gasteiger partial charge in [0.1, 0.15) is 17.3 Å². The first kappa shape index (κ1) is 13.1. The van der Waals surface area contributed by atoms with Crippen LogP contribution >= 0.6 is 22.6 Å². The molecule has 0 atom stereocenters. The molecule has 0 fully saturated rings. The Morgan fingerprint density at radius 3 is 2.72 bits per heavy atom. The van der Waals surface area contributed by atoms with Crippen molar-refractivity contribution in [3.8, 4) is 11.5 Å². The second kappa shape index (κ2) is 5.55. The average molecular weight is 355 g/mol. The molecule has 0 saturated carbocycles. The van der Waals surface area contributed by atoms with E-state index in [1.165, 1.54) is 0 Å². The average Bonchev–Trinajstić information content (AvgIpc) is 2.35. The van der Waals surface area contributed by atoms with E-state index in [0.29, 0.717) is 23.2 Å². The van der Waals surface area contributed by atoms with Crippen LogP contribution in [0.2, 0.25) is 0 Å². The van der Waals surface area contributed by atoms with E-state index in [1.54, 1.807) is 12.3 Å². The van der Waals surface area contributed by atoms with E-state index in [0.717, 1.165) is 22.1 Å². The van der Waals surface area contributed by atoms with Gasteiger partial charge in [0.25, 0.3) is 0 Å². The van der Waals surface area contributed by atoms with Crippen molar-refractivity contribution in [1.29, 1.82) is 0 Å². The Labute approximate surface area is 119 Å². The number of nitrogen functional groups attached to an aromatic ring is 1. The van der Waals surface area contributed by atoms with Crippen LogP contribution in [-0.2, 0) is 6.42 Å². The quantitative estimate of drug-likeness (QED) is 0.856. The van der Waals surface area contributed by atoms with E-state index in [1.807, 2.05) is 6.92 Å². The molecule has 0 aliphatic rings. The molecule has 0 radical (unpaired) electrons. The van der Waals surface area contributed by atoms with Crippen LogP contribution in [0.1, 0.15) is 24.9 Å². The molecule has 2 rings (SSSR count). The molecule has 0 aromatic carbocycles. The predicted octanol–water partition coefficient (Wildman–Crippen LogP) is 2.38. The summed E-state index contributed by atoms with van der Waals surface area (Å²) in [5.41, 5.74) is 7.62. The van der Waals surface area contributed by atoms with Crippen molar-refractivity contribution in [2.75, 3.05) is 5.73 Å². The van der Waals surface area contributed by atoms with Crippen molar-refractivity contribution >= 4 is 28.4 Å². The number of anilines is 1. The Morgan fingerprint density at radius 1 is 1.28 bits per heavy atom. The van der Waals surface area contributed by atoms with Crippen LogP contribution < -0.4 is 5.73 Å². The van der Waals surface area contributed by atoms with E-state index in [9.17, 15) is 0 Å². The number of nitrogens with zero attached hydrogens (tertiary/aromatic N) is 4. The summed E-state index contributed by atoms with van der Waals surface area (Å²) in [4.78, 5) is 17.2. The van der Waals surface area contributed by atoms with Gasteiger partial charge in [0.15, 0.2) is 5.82 Å². The molecule has 0 bridgehead atoms. The molecule has 2 aromatic rings. The van der Waals surface area contributed by atoms with E-state index < -0.39 is 0 Å². The van der Waals surface area contributed by atoms with Gasteiger partial charge in [0.2, 0.25) is 0 Å². The summed E-state index contributed by atoms with van der Waals surface area (Å²) in [6.45, 7) is 3.95. The lowest BCUT2D eigenvalue weighted by Crippen LogP contribution is -2.06. The summed E-state index contributed by atoms with van der Waals surface area (Å²) in [6.07, 6.45) is 3.62. The third kappa shape index (κ3) is 2.74. The highest BCUT2D eigenvalue weighted by Crippen LogP contribution is 2.21. The van der Waals surface area contributed by atoms with Crippen LogP contribution in [-0.4, -0.2) is 19.9 Å². The zero-order chi connectivity index (χ0) is 13.1. The largest absolute Gasteiger partial charge is 0.383 e. The fourth-order valence-electron chi connectivity index (χ4n) is 1.61. The summed E-state index contributed by atoms with van der Waals surface area (Å²) in [6, 6.07) is 1.80. The lowest BCUT2D eigenvalue weighted by Gasteiger charge is -2.08. The fourth-order valence-corrected chi connectivity index (χ4v) is 2.12. The van der Waals surface area contributed by atoms with Crippen molar-refractivity contribution in [3.63, 3.8) is 0 Å². The number of halogens is 1. The van der Waals surface area contributed by atoms with Gasteiger partial charge in [-0.2, -0.15) is 0 Å². The van der Waals surface area contributed by atoms with Crippen molar-refractivity contribution in [2.45, 2.75) is 26.7 Å². The van der Waals surface area contributed by atoms with Gasteiger partial charge in [-0.05, 0) is 42.0 Å². The molecule has 0 aliphatic heterocycles. The molecule has 2 aromatic heterocycles. The van der Waals surface area contributed by atoms with E-state index in [4.69, 9.17) is 5.73 Å². The smallest absolute Gasteiger partial charge is 0.180 e. The third-order valence-electron chi connectivity index (χ3n) is 2.44. The third-order valence-corrected chi connectivity index (χ3v) is 3.61. The van der Waals surface area contributed by atoms with E-state index >= 15 is 0 Å². The number of rotatable bonds is 3. The number of nitrogens with two attached hydrogens (primary N) is 1. The first-order valence-corrected chi connectivity index (χ1v) is 6.81. The number of hydrogen-bond acceptors (Lipinski definition) is 5. The Morgan fingerprint density at radius 2 is 2.06 bits per heavy atom. The van der Waals surface area contributed by atoms with Gasteiger partial charge in [-0.15, -0.1) is 0 Å². The molecule has 0 spiro atoms. The molecule has 6 heteroatoms. The number of aromatic nitrogens is 4. The monoisotopic (exact) mass is 355 g/mol. The minimum absolute atomic E-state index is 0.514. The second-order valence-corrected chi connectivity index (χ2v) is 5.01. The SMILES string of the molecule is CCCc1nc(-c2ccnc(C)n2)nc(N)c1I. The first-order valence-electron chi connectivity index (χ1n) is 5.73. The summed E-state index contributed by atoms with van der Waals surface area (Å²) >= 11 is 2.19. The maximum atomic E-state index is 5.93. The first-order chi connectivity index (χ1) is 8.61. The van der Waals surface area contributed by atoms with Crippen LogP contribution in [0.25, 0.3) is 11.5 Å². The van der Waals surface area contributed by atoms with Gasteiger partial charge in [-0.1, -0.05) is 13.3 Å². The van der Waals surface area contributed by atoms with Gasteiger partial charge < -0.3 is 5.73 Å². The topological polar surface area (TPSA) is 77.6 Å². The van der Waals surface area contributed by atoms with Crippen molar-refractivity contribution in [3.05, 3.63) is 27.4 Å². The molecule has 2 N–H and O–H groups in total. The summed E-state index contributed by atoms with van der Waals surface area (Å²) in [7, 11) is 0. The van der Waals surface area contributed by atoms with Crippen LogP contribution in [0.15, 0.2) is 12.3 Å². The standard InChI is InChI=1S/C12H14IN5/c1-3-4-8-10(13)11(14)18-12(17-8)9-5-6-15-7(2)16-9/h5-6H,3-4H2,1-2H3,(H2,14,17,18). The Kier molecular flexibility index (Phi) is 4.05. The Bertz CT molecular complexity index is 570. The highest BCUT2D eigenvalue weighted by atomic mass is 127. The van der Waals surface area contributed by atoms with Crippen molar-refractivity contribution in [2.24, 2.45) is 0 Å². The molecular formula is C12H14IN5. The molecular weight excluding hydrogens is 341 g/mol. The highest BCUT2D eigenvalue weighted by molar-refractivity contribution is 14.1. The van der Waals surface area contributed by atoms with Gasteiger partial charge in [-0.3, -0.25) is 0 Å². The van der Waals surface area contributed by atoms with Gasteiger partial charge in [-0.25, -0.2) is 19.9 Å². The maximum absolute atomic E-state index is 5.93. The minimum atomic E-state index is 0.514. The highest BCUT2D eigenvalue weighted by Gasteiger charge is 2.11. The lowest BCUT2D eigenvalue weighted by molar-refractivity contribution is 0.866. The summed E-state index contributed by atoms with van der Waals surface area (Å²) in [5.74, 6) is 1.78. The molecule has 0 amide bonds. The molecule has 0 saturated heterocycles. The Balaban J connectivity index is 2.51. The molecule has 18 heavy (non-hydrogen) atoms. The van der Waals surface area contributed by atoms with Gasteiger partial charge >= 0.3 is 0 Å². The summed E-state index contributed by atoms with van der Waals surface area (Å²) in [5, 5.41) is 0. The van der Waals surface area contributed by atoms with Crippen molar-refractivity contribution in [1.82, 2.24) is 19.9 Å². The fraction of sp³-hybridized carbons (Fsp3) is 0.333. The zero-order valence-electron chi connectivity index (χ0n) is 10.3. The Hall–Kier alpha value is -1.31. The predicted molar refractivity (Wildman–Crippen MR) is 78.9 cm³/mol. The van der Waals surface area contributed by atoms with Crippen LogP contribution in [0.3, 0.4) is 0 Å². The second-order valence-electron chi connectivity index (χ2n) is 3.93. The number of aryl methyl sites for hydroxylation is 2. The van der Waals surface area contributed by atoms with Gasteiger partial charge in [0, 0.05) is 6.20 Å². The molecule has 0 aliphatic carbocycles. The van der Waals surface area contributed by atoms with Gasteiger partial charge in [0.05, 0.1) is 9.26 Å². The van der Waals surface area contributed by atoms with Crippen LogP contribution in [0, 0.1) is 10.5 Å². The molecule has 5 nitrogen and oxygen atoms in total. The lowest BCUT2D eigenvalue weighted by atomic mass is 10.2. The van der Waals surface area contributed by atoms with Crippen LogP contribution in [0.4, 0.5) is 5.82 Å². The molecule has 0 unspecified atom stereocenters. The molecule has 2 heterocycles.